The van der Waals surface area contributed by atoms with Crippen LogP contribution in [0, 0.1) is 13.8 Å². The van der Waals surface area contributed by atoms with Crippen LogP contribution in [0.5, 0.6) is 5.75 Å². The van der Waals surface area contributed by atoms with Crippen LogP contribution in [0.3, 0.4) is 0 Å². The lowest BCUT2D eigenvalue weighted by Gasteiger charge is -2.18. The first-order valence-electron chi connectivity index (χ1n) is 11.4. The summed E-state index contributed by atoms with van der Waals surface area (Å²) in [6.07, 6.45) is 0. The molecule has 1 amide bonds. The lowest BCUT2D eigenvalue weighted by atomic mass is 10.0. The zero-order valence-corrected chi connectivity index (χ0v) is 20.7. The van der Waals surface area contributed by atoms with E-state index in [1.165, 1.54) is 12.1 Å². The summed E-state index contributed by atoms with van der Waals surface area (Å²) in [7, 11) is 0. The first kappa shape index (κ1) is 24.1. The van der Waals surface area contributed by atoms with Gasteiger partial charge in [-0.2, -0.15) is 5.10 Å². The van der Waals surface area contributed by atoms with Crippen LogP contribution in [0.15, 0.2) is 84.0 Å². The molecule has 0 bridgehead atoms. The molecule has 0 unspecified atom stereocenters. The van der Waals surface area contributed by atoms with Gasteiger partial charge in [-0.25, -0.2) is 4.79 Å². The van der Waals surface area contributed by atoms with Crippen molar-refractivity contribution in [3.63, 3.8) is 0 Å². The van der Waals surface area contributed by atoms with Crippen LogP contribution >= 0.6 is 11.6 Å². The smallest absolute Gasteiger partial charge is 0.335 e. The number of para-hydroxylation sites is 1. The number of nitrogens with zero attached hydrogens (tertiary/aromatic N) is 2. The Morgan fingerprint density at radius 3 is 2.38 bits per heavy atom. The predicted octanol–water partition coefficient (Wildman–Crippen LogP) is 6.52. The van der Waals surface area contributed by atoms with Gasteiger partial charge in [0.2, 0.25) is 0 Å². The van der Waals surface area contributed by atoms with Crippen molar-refractivity contribution in [3.8, 4) is 16.9 Å². The highest BCUT2D eigenvalue weighted by Crippen LogP contribution is 2.39. The summed E-state index contributed by atoms with van der Waals surface area (Å²) in [6.45, 7) is 3.93. The number of carboxylic acids is 1. The van der Waals surface area contributed by atoms with E-state index in [1.807, 2.05) is 32.0 Å². The maximum Gasteiger partial charge on any atom is 0.335 e. The third-order valence-corrected chi connectivity index (χ3v) is 6.31. The molecule has 8 heteroatoms. The number of anilines is 3. The fourth-order valence-electron chi connectivity index (χ4n) is 4.47. The van der Waals surface area contributed by atoms with Gasteiger partial charge in [-0.3, -0.25) is 15.1 Å². The third kappa shape index (κ3) is 4.52. The molecule has 0 atom stereocenters. The number of hydrogen-bond donors (Lipinski definition) is 3. The number of carbonyl (C=O) groups excluding carboxylic acids is 1. The van der Waals surface area contributed by atoms with Gasteiger partial charge in [0.25, 0.3) is 5.91 Å². The van der Waals surface area contributed by atoms with E-state index < -0.39 is 5.97 Å². The van der Waals surface area contributed by atoms with Crippen molar-refractivity contribution in [1.82, 2.24) is 0 Å². The number of fused-ring (bicyclic) bond motifs is 1. The van der Waals surface area contributed by atoms with E-state index in [4.69, 9.17) is 11.6 Å². The minimum absolute atomic E-state index is 0.105. The van der Waals surface area contributed by atoms with Crippen molar-refractivity contribution in [3.05, 3.63) is 106 Å². The van der Waals surface area contributed by atoms with Crippen LogP contribution in [-0.2, 0) is 4.79 Å². The molecule has 184 valence electrons. The van der Waals surface area contributed by atoms with Crippen LogP contribution in [-0.4, -0.2) is 27.8 Å². The molecule has 4 aromatic carbocycles. The zero-order chi connectivity index (χ0) is 26.3. The van der Waals surface area contributed by atoms with Crippen molar-refractivity contribution in [2.75, 3.05) is 10.3 Å². The van der Waals surface area contributed by atoms with Crippen molar-refractivity contribution in [2.45, 2.75) is 13.8 Å². The maximum atomic E-state index is 13.6. The highest BCUT2D eigenvalue weighted by atomic mass is 35.5. The summed E-state index contributed by atoms with van der Waals surface area (Å²) >= 11 is 6.27. The van der Waals surface area contributed by atoms with E-state index in [0.717, 1.165) is 11.1 Å². The highest BCUT2D eigenvalue weighted by molar-refractivity contribution is 6.56. The van der Waals surface area contributed by atoms with Crippen LogP contribution < -0.4 is 10.3 Å². The summed E-state index contributed by atoms with van der Waals surface area (Å²) in [4.78, 5) is 26.5. The second kappa shape index (κ2) is 9.44. The lowest BCUT2D eigenvalue weighted by Crippen LogP contribution is -2.26. The number of carbonyl (C=O) groups is 2. The van der Waals surface area contributed by atoms with Gasteiger partial charge >= 0.3 is 5.97 Å². The predicted molar refractivity (Wildman–Crippen MR) is 145 cm³/mol. The molecule has 0 fully saturated rings. The first-order chi connectivity index (χ1) is 17.7. The molecule has 3 N–H and O–H groups in total. The summed E-state index contributed by atoms with van der Waals surface area (Å²) in [5.41, 5.74) is 8.28. The molecule has 0 radical (unpaired) electrons. The van der Waals surface area contributed by atoms with E-state index in [1.54, 1.807) is 53.4 Å². The van der Waals surface area contributed by atoms with Crippen LogP contribution in [0.2, 0.25) is 5.02 Å². The van der Waals surface area contributed by atoms with E-state index in [9.17, 15) is 19.8 Å². The number of amides is 1. The Hall–Kier alpha value is -4.62. The average molecular weight is 512 g/mol. The molecule has 0 aromatic heterocycles. The molecular formula is C29H22ClN3O4. The Kier molecular flexibility index (Phi) is 6.15. The summed E-state index contributed by atoms with van der Waals surface area (Å²) in [6, 6.07) is 22.3. The average Bonchev–Trinajstić information content (AvgIpc) is 3.13. The number of phenolic OH excluding ortho intramolecular Hbond substituents is 1. The molecule has 0 saturated carbocycles. The number of aromatic hydroxyl groups is 1. The minimum Gasteiger partial charge on any atom is -0.505 e. The summed E-state index contributed by atoms with van der Waals surface area (Å²) in [5, 5.41) is 25.1. The number of benzene rings is 4. The van der Waals surface area contributed by atoms with E-state index in [0.29, 0.717) is 33.1 Å². The third-order valence-electron chi connectivity index (χ3n) is 6.07. The van der Waals surface area contributed by atoms with Crippen molar-refractivity contribution < 1.29 is 19.8 Å². The van der Waals surface area contributed by atoms with Gasteiger partial charge < -0.3 is 10.2 Å². The molecule has 5 rings (SSSR count). The monoisotopic (exact) mass is 511 g/mol. The van der Waals surface area contributed by atoms with Crippen molar-refractivity contribution >= 4 is 46.3 Å². The molecule has 7 nitrogen and oxygen atoms in total. The zero-order valence-electron chi connectivity index (χ0n) is 20.0. The molecule has 0 saturated heterocycles. The summed E-state index contributed by atoms with van der Waals surface area (Å²) < 4.78 is 0. The lowest BCUT2D eigenvalue weighted by molar-refractivity contribution is -0.111. The number of rotatable bonds is 5. The quantitative estimate of drug-likeness (QED) is 0.209. The molecule has 0 aliphatic carbocycles. The first-order valence-corrected chi connectivity index (χ1v) is 11.8. The fourth-order valence-corrected chi connectivity index (χ4v) is 4.63. The van der Waals surface area contributed by atoms with E-state index >= 15 is 0 Å². The number of nitrogens with one attached hydrogen (secondary N) is 1. The largest absolute Gasteiger partial charge is 0.505 e. The Morgan fingerprint density at radius 2 is 1.65 bits per heavy atom. The van der Waals surface area contributed by atoms with E-state index in [-0.39, 0.29) is 28.6 Å². The maximum absolute atomic E-state index is 13.6. The Balaban J connectivity index is 1.53. The van der Waals surface area contributed by atoms with E-state index in [2.05, 4.69) is 10.5 Å². The van der Waals surface area contributed by atoms with Crippen molar-refractivity contribution in [2.24, 2.45) is 5.10 Å². The Bertz CT molecular complexity index is 1590. The minimum atomic E-state index is -1.06. The topological polar surface area (TPSA) is 102 Å². The molecule has 1 heterocycles. The Labute approximate surface area is 218 Å². The van der Waals surface area contributed by atoms with Gasteiger partial charge in [0, 0.05) is 21.8 Å². The second-order valence-electron chi connectivity index (χ2n) is 8.81. The molecule has 1 aliphatic rings. The highest BCUT2D eigenvalue weighted by Gasteiger charge is 2.35. The second-order valence-corrected chi connectivity index (χ2v) is 9.24. The fraction of sp³-hybridized carbons (Fsp3) is 0.0690. The van der Waals surface area contributed by atoms with Gasteiger partial charge in [0.15, 0.2) is 5.71 Å². The number of aryl methyl sites for hydroxylation is 2. The van der Waals surface area contributed by atoms with Gasteiger partial charge in [-0.1, -0.05) is 41.9 Å². The number of halogens is 1. The van der Waals surface area contributed by atoms with Gasteiger partial charge in [-0.15, -0.1) is 0 Å². The molecule has 0 spiro atoms. The number of hydrogen-bond acceptors (Lipinski definition) is 5. The summed E-state index contributed by atoms with van der Waals surface area (Å²) in [5.74, 6) is -1.52. The SMILES string of the molecule is Cc1cc(C)cc(N2C(=O)/C(=N\Nc3cccc(-c4cccc(C(=O)O)c4)c3O)c3ccc(Cl)cc32)c1. The van der Waals surface area contributed by atoms with Gasteiger partial charge in [-0.05, 0) is 79.1 Å². The van der Waals surface area contributed by atoms with Crippen LogP contribution in [0.25, 0.3) is 11.1 Å². The van der Waals surface area contributed by atoms with Crippen molar-refractivity contribution in [1.29, 1.82) is 0 Å². The standard InChI is InChI=1S/C29H22ClN3O4/c1-16-11-17(2)13-21(12-16)33-25-15-20(30)9-10-23(25)26(28(33)35)32-31-24-8-4-7-22(27(24)34)18-5-3-6-19(14-18)29(36)37/h3-15,31,34H,1-2H3,(H,36,37)/b32-26-. The molecular weight excluding hydrogens is 490 g/mol. The molecule has 37 heavy (non-hydrogen) atoms. The van der Waals surface area contributed by atoms with Gasteiger partial charge in [0.05, 0.1) is 16.9 Å². The molecule has 1 aliphatic heterocycles. The van der Waals surface area contributed by atoms with Crippen LogP contribution in [0.4, 0.5) is 17.1 Å². The number of hydrazone groups is 1. The normalized spacial score (nSPS) is 13.6. The molecule has 4 aromatic rings. The van der Waals surface area contributed by atoms with Gasteiger partial charge in [0.1, 0.15) is 5.75 Å². The number of carboxylic acid groups (broad SMARTS) is 1. The number of aromatic carboxylic acids is 1. The Morgan fingerprint density at radius 1 is 0.919 bits per heavy atom. The number of phenols is 1. The van der Waals surface area contributed by atoms with Crippen LogP contribution in [0.1, 0.15) is 27.0 Å².